The van der Waals surface area contributed by atoms with Gasteiger partial charge in [0.1, 0.15) is 17.3 Å². The predicted molar refractivity (Wildman–Crippen MR) is 96.4 cm³/mol. The molecule has 4 nitrogen and oxygen atoms in total. The third-order valence-electron chi connectivity index (χ3n) is 5.92. The minimum atomic E-state index is -4.19. The number of nitrogens with one attached hydrogen (secondary N) is 1. The topological polar surface area (TPSA) is 46.9 Å². The van der Waals surface area contributed by atoms with E-state index in [9.17, 15) is 26.7 Å². The van der Waals surface area contributed by atoms with E-state index in [-0.39, 0.29) is 11.5 Å². The van der Waals surface area contributed by atoms with E-state index in [0.29, 0.717) is 17.1 Å². The van der Waals surface area contributed by atoms with Crippen LogP contribution in [0.2, 0.25) is 0 Å². The summed E-state index contributed by atoms with van der Waals surface area (Å²) >= 11 is 0. The van der Waals surface area contributed by atoms with Gasteiger partial charge >= 0.3 is 11.8 Å². The number of anilines is 1. The van der Waals surface area contributed by atoms with E-state index in [1.54, 1.807) is 25.2 Å². The van der Waals surface area contributed by atoms with Crippen molar-refractivity contribution < 1.29 is 26.7 Å². The van der Waals surface area contributed by atoms with Crippen molar-refractivity contribution in [3.05, 3.63) is 35.6 Å². The maximum Gasteiger partial charge on any atom is 0.313 e. The van der Waals surface area contributed by atoms with Gasteiger partial charge < -0.3 is 5.32 Å². The number of carbonyl (C=O) groups is 1. The van der Waals surface area contributed by atoms with Crippen molar-refractivity contribution in [2.45, 2.75) is 49.9 Å². The van der Waals surface area contributed by atoms with Gasteiger partial charge in [0.05, 0.1) is 0 Å². The molecule has 0 saturated heterocycles. The Bertz CT molecular complexity index is 952. The molecule has 2 saturated carbocycles. The van der Waals surface area contributed by atoms with E-state index in [4.69, 9.17) is 0 Å². The van der Waals surface area contributed by atoms with Gasteiger partial charge in [-0.05, 0) is 30.9 Å². The molecule has 2 aliphatic rings. The molecule has 1 heterocycles. The highest BCUT2D eigenvalue weighted by molar-refractivity contribution is 5.92. The van der Waals surface area contributed by atoms with Crippen molar-refractivity contribution >= 4 is 11.7 Å². The van der Waals surface area contributed by atoms with Gasteiger partial charge in [0.25, 0.3) is 0 Å². The van der Waals surface area contributed by atoms with Crippen LogP contribution in [0.4, 0.5) is 27.8 Å². The standard InChI is InChI=1S/C20H20F5N3O/c1-28-18(26-15(29)9-12-10-19(22,23)20(12,24)25)16(11-5-4-6-11)17(27-28)13-7-2-3-8-14(13)21/h2-3,7-8,11-12H,4-6,9-10H2,1H3,(H,26,29)/t12-/m0/s1. The highest BCUT2D eigenvalue weighted by Gasteiger charge is 2.71. The molecule has 0 unspecified atom stereocenters. The van der Waals surface area contributed by atoms with Crippen LogP contribution in [-0.2, 0) is 11.8 Å². The zero-order chi connectivity index (χ0) is 21.0. The molecule has 156 valence electrons. The first-order valence-corrected chi connectivity index (χ1v) is 9.49. The summed E-state index contributed by atoms with van der Waals surface area (Å²) in [4.78, 5) is 12.4. The van der Waals surface area contributed by atoms with Crippen LogP contribution in [0.3, 0.4) is 0 Å². The normalized spacial score (nSPS) is 22.6. The van der Waals surface area contributed by atoms with Crippen molar-refractivity contribution in [1.82, 2.24) is 9.78 Å². The number of aromatic nitrogens is 2. The van der Waals surface area contributed by atoms with Gasteiger partial charge in [-0.1, -0.05) is 18.6 Å². The first-order valence-electron chi connectivity index (χ1n) is 9.49. The predicted octanol–water partition coefficient (Wildman–Crippen LogP) is 5.11. The number of nitrogens with zero attached hydrogens (tertiary/aromatic N) is 2. The van der Waals surface area contributed by atoms with E-state index in [0.717, 1.165) is 19.3 Å². The first kappa shape index (κ1) is 19.8. The van der Waals surface area contributed by atoms with Gasteiger partial charge in [-0.3, -0.25) is 9.48 Å². The molecule has 0 radical (unpaired) electrons. The number of aryl methyl sites for hydroxylation is 1. The number of benzene rings is 1. The first-order chi connectivity index (χ1) is 13.6. The summed E-state index contributed by atoms with van der Waals surface area (Å²) in [6.07, 6.45) is 0.917. The molecule has 0 bridgehead atoms. The number of rotatable bonds is 5. The lowest BCUT2D eigenvalue weighted by atomic mass is 9.74. The molecule has 1 N–H and O–H groups in total. The summed E-state index contributed by atoms with van der Waals surface area (Å²) in [5.74, 6) is -10.8. The van der Waals surface area contributed by atoms with Crippen LogP contribution >= 0.6 is 0 Å². The lowest BCUT2D eigenvalue weighted by Crippen LogP contribution is -2.59. The zero-order valence-corrected chi connectivity index (χ0v) is 15.7. The molecule has 29 heavy (non-hydrogen) atoms. The second kappa shape index (κ2) is 6.81. The average Bonchev–Trinajstić information content (AvgIpc) is 2.90. The Hall–Kier alpha value is -2.45. The van der Waals surface area contributed by atoms with Crippen LogP contribution < -0.4 is 5.32 Å². The smallest absolute Gasteiger partial charge is 0.311 e. The molecule has 2 aromatic rings. The molecule has 4 rings (SSSR count). The molecule has 1 atom stereocenters. The maximum absolute atomic E-state index is 14.3. The van der Waals surface area contributed by atoms with Gasteiger partial charge in [-0.25, -0.2) is 4.39 Å². The maximum atomic E-state index is 14.3. The third kappa shape index (κ3) is 3.20. The van der Waals surface area contributed by atoms with Gasteiger partial charge in [0.15, 0.2) is 0 Å². The number of amides is 1. The molecule has 9 heteroatoms. The van der Waals surface area contributed by atoms with Crippen LogP contribution in [0, 0.1) is 11.7 Å². The lowest BCUT2D eigenvalue weighted by molar-refractivity contribution is -0.313. The Balaban J connectivity index is 1.61. The van der Waals surface area contributed by atoms with Crippen molar-refractivity contribution in [3.63, 3.8) is 0 Å². The molecule has 0 spiro atoms. The summed E-state index contributed by atoms with van der Waals surface area (Å²) in [6.45, 7) is 0. The van der Waals surface area contributed by atoms with E-state index in [1.807, 2.05) is 0 Å². The van der Waals surface area contributed by atoms with Crippen LogP contribution in [-0.4, -0.2) is 27.5 Å². The summed E-state index contributed by atoms with van der Waals surface area (Å²) in [5, 5.41) is 6.92. The van der Waals surface area contributed by atoms with Gasteiger partial charge in [0.2, 0.25) is 5.91 Å². The molecule has 2 fully saturated rings. The number of halogens is 5. The van der Waals surface area contributed by atoms with Crippen molar-refractivity contribution in [1.29, 1.82) is 0 Å². The second-order valence-electron chi connectivity index (χ2n) is 7.82. The third-order valence-corrected chi connectivity index (χ3v) is 5.92. The van der Waals surface area contributed by atoms with Gasteiger partial charge in [-0.15, -0.1) is 0 Å². The highest BCUT2D eigenvalue weighted by atomic mass is 19.3. The zero-order valence-electron chi connectivity index (χ0n) is 15.7. The summed E-state index contributed by atoms with van der Waals surface area (Å²) < 4.78 is 68.8. The summed E-state index contributed by atoms with van der Waals surface area (Å²) in [7, 11) is 1.56. The average molecular weight is 413 g/mol. The van der Waals surface area contributed by atoms with E-state index in [1.165, 1.54) is 10.7 Å². The van der Waals surface area contributed by atoms with Gasteiger partial charge in [0, 0.05) is 36.9 Å². The van der Waals surface area contributed by atoms with Crippen molar-refractivity contribution in [3.8, 4) is 11.3 Å². The Morgan fingerprint density at radius 2 is 1.93 bits per heavy atom. The second-order valence-corrected chi connectivity index (χ2v) is 7.82. The van der Waals surface area contributed by atoms with Crippen molar-refractivity contribution in [2.24, 2.45) is 13.0 Å². The largest absolute Gasteiger partial charge is 0.313 e. The molecule has 1 aromatic heterocycles. The Kier molecular flexibility index (Phi) is 4.66. The fourth-order valence-corrected chi connectivity index (χ4v) is 3.97. The van der Waals surface area contributed by atoms with E-state index < -0.39 is 42.3 Å². The lowest BCUT2D eigenvalue weighted by Gasteiger charge is -2.43. The fraction of sp³-hybridized carbons (Fsp3) is 0.500. The van der Waals surface area contributed by atoms with Crippen molar-refractivity contribution in [2.75, 3.05) is 5.32 Å². The quantitative estimate of drug-likeness (QED) is 0.693. The Morgan fingerprint density at radius 1 is 1.24 bits per heavy atom. The Morgan fingerprint density at radius 3 is 2.48 bits per heavy atom. The number of hydrogen-bond acceptors (Lipinski definition) is 2. The number of hydrogen-bond donors (Lipinski definition) is 1. The van der Waals surface area contributed by atoms with Gasteiger partial charge in [-0.2, -0.15) is 22.7 Å². The van der Waals surface area contributed by atoms with E-state index in [2.05, 4.69) is 10.4 Å². The number of alkyl halides is 4. The van der Waals surface area contributed by atoms with Crippen LogP contribution in [0.1, 0.15) is 43.6 Å². The van der Waals surface area contributed by atoms with E-state index >= 15 is 0 Å². The SMILES string of the molecule is Cn1nc(-c2ccccc2F)c(C2CCC2)c1NC(=O)C[C@H]1CC(F)(F)C1(F)F. The molecule has 2 aliphatic carbocycles. The van der Waals surface area contributed by atoms with Crippen LogP contribution in [0.15, 0.2) is 24.3 Å². The molecular formula is C20H20F5N3O. The van der Waals surface area contributed by atoms with Crippen LogP contribution in [0.25, 0.3) is 11.3 Å². The fourth-order valence-electron chi connectivity index (χ4n) is 3.97. The Labute approximate surface area is 164 Å². The minimum Gasteiger partial charge on any atom is -0.311 e. The van der Waals surface area contributed by atoms with Crippen LogP contribution in [0.5, 0.6) is 0 Å². The highest BCUT2D eigenvalue weighted by Crippen LogP contribution is 2.56. The minimum absolute atomic E-state index is 0.0584. The molecule has 1 amide bonds. The molecule has 0 aliphatic heterocycles. The monoisotopic (exact) mass is 413 g/mol. The number of carbonyl (C=O) groups excluding carboxylic acids is 1. The molecule has 1 aromatic carbocycles. The molecular weight excluding hydrogens is 393 g/mol. The summed E-state index contributed by atoms with van der Waals surface area (Å²) in [6, 6.07) is 6.13. The summed E-state index contributed by atoms with van der Waals surface area (Å²) in [5.41, 5.74) is 1.34.